The van der Waals surface area contributed by atoms with Crippen molar-refractivity contribution in [3.63, 3.8) is 0 Å². The van der Waals surface area contributed by atoms with Crippen LogP contribution < -0.4 is 10.1 Å². The Morgan fingerprint density at radius 3 is 2.58 bits per heavy atom. The average Bonchev–Trinajstić information content (AvgIpc) is 2.34. The molecule has 1 N–H and O–H groups in total. The highest BCUT2D eigenvalue weighted by Crippen LogP contribution is 2.27. The van der Waals surface area contributed by atoms with Gasteiger partial charge in [-0.15, -0.1) is 0 Å². The molecule has 1 aromatic carbocycles. The molecule has 1 aromatic rings. The van der Waals surface area contributed by atoms with Crippen LogP contribution in [0.15, 0.2) is 24.3 Å². The number of hydrogen-bond acceptors (Lipinski definition) is 2. The minimum atomic E-state index is -4.32. The van der Waals surface area contributed by atoms with Gasteiger partial charge < -0.3 is 10.1 Å². The van der Waals surface area contributed by atoms with Gasteiger partial charge in [0.2, 0.25) is 0 Å². The first-order valence-corrected chi connectivity index (χ1v) is 6.47. The lowest BCUT2D eigenvalue weighted by Crippen LogP contribution is -2.21. The molecule has 0 aliphatic rings. The van der Waals surface area contributed by atoms with Gasteiger partial charge in [-0.25, -0.2) is 0 Å². The van der Waals surface area contributed by atoms with E-state index in [0.717, 1.165) is 19.3 Å². The van der Waals surface area contributed by atoms with Crippen LogP contribution in [0.1, 0.15) is 33.1 Å². The SMILES string of the molecule is CCCCC(C)Nc1ccccc1OCC(F)(F)F. The van der Waals surface area contributed by atoms with Gasteiger partial charge in [0.25, 0.3) is 0 Å². The molecule has 0 aliphatic carbocycles. The average molecular weight is 275 g/mol. The standard InChI is InChI=1S/C14H20F3NO/c1-3-4-7-11(2)18-12-8-5-6-9-13(12)19-10-14(15,16)17/h5-6,8-9,11,18H,3-4,7,10H2,1-2H3. The van der Waals surface area contributed by atoms with Crippen LogP contribution in [-0.4, -0.2) is 18.8 Å². The van der Waals surface area contributed by atoms with Gasteiger partial charge in [0, 0.05) is 6.04 Å². The number of ether oxygens (including phenoxy) is 1. The molecule has 1 rings (SSSR count). The van der Waals surface area contributed by atoms with E-state index in [-0.39, 0.29) is 11.8 Å². The second kappa shape index (κ2) is 7.26. The zero-order chi connectivity index (χ0) is 14.3. The highest BCUT2D eigenvalue weighted by Gasteiger charge is 2.28. The number of rotatable bonds is 7. The van der Waals surface area contributed by atoms with Crippen LogP contribution in [0.25, 0.3) is 0 Å². The van der Waals surface area contributed by atoms with Crippen molar-refractivity contribution in [2.24, 2.45) is 0 Å². The summed E-state index contributed by atoms with van der Waals surface area (Å²) in [7, 11) is 0. The summed E-state index contributed by atoms with van der Waals surface area (Å²) < 4.78 is 41.3. The molecular formula is C14H20F3NO. The number of alkyl halides is 3. The molecule has 0 fully saturated rings. The number of anilines is 1. The maximum atomic E-state index is 12.2. The molecule has 0 aromatic heterocycles. The van der Waals surface area contributed by atoms with E-state index in [0.29, 0.717) is 5.69 Å². The molecule has 2 nitrogen and oxygen atoms in total. The van der Waals surface area contributed by atoms with Crippen LogP contribution in [-0.2, 0) is 0 Å². The summed E-state index contributed by atoms with van der Waals surface area (Å²) in [6.07, 6.45) is -1.16. The quantitative estimate of drug-likeness (QED) is 0.784. The van der Waals surface area contributed by atoms with Crippen LogP contribution in [0, 0.1) is 0 Å². The van der Waals surface area contributed by atoms with Gasteiger partial charge in [0.15, 0.2) is 6.61 Å². The molecule has 0 bridgehead atoms. The van der Waals surface area contributed by atoms with Crippen LogP contribution in [0.4, 0.5) is 18.9 Å². The van der Waals surface area contributed by atoms with Crippen molar-refractivity contribution in [2.75, 3.05) is 11.9 Å². The van der Waals surface area contributed by atoms with Gasteiger partial charge in [0.1, 0.15) is 5.75 Å². The molecule has 0 saturated heterocycles. The lowest BCUT2D eigenvalue weighted by atomic mass is 10.1. The second-order valence-electron chi connectivity index (χ2n) is 4.59. The molecule has 0 aliphatic heterocycles. The first-order chi connectivity index (χ1) is 8.92. The van der Waals surface area contributed by atoms with Crippen molar-refractivity contribution in [1.29, 1.82) is 0 Å². The van der Waals surface area contributed by atoms with Crippen molar-refractivity contribution in [3.05, 3.63) is 24.3 Å². The number of hydrogen-bond donors (Lipinski definition) is 1. The minimum Gasteiger partial charge on any atom is -0.482 e. The molecule has 0 heterocycles. The third-order valence-corrected chi connectivity index (χ3v) is 2.67. The number of halogens is 3. The maximum Gasteiger partial charge on any atom is 0.422 e. The zero-order valence-electron chi connectivity index (χ0n) is 11.3. The van der Waals surface area contributed by atoms with E-state index in [9.17, 15) is 13.2 Å². The molecule has 1 unspecified atom stereocenters. The molecule has 0 saturated carbocycles. The normalized spacial score (nSPS) is 13.1. The van der Waals surface area contributed by atoms with Crippen molar-refractivity contribution in [3.8, 4) is 5.75 Å². The first-order valence-electron chi connectivity index (χ1n) is 6.47. The Morgan fingerprint density at radius 2 is 1.95 bits per heavy atom. The largest absolute Gasteiger partial charge is 0.482 e. The summed E-state index contributed by atoms with van der Waals surface area (Å²) in [4.78, 5) is 0. The highest BCUT2D eigenvalue weighted by molar-refractivity contribution is 5.56. The predicted molar refractivity (Wildman–Crippen MR) is 70.6 cm³/mol. The number of para-hydroxylation sites is 2. The van der Waals surface area contributed by atoms with Crippen molar-refractivity contribution in [1.82, 2.24) is 0 Å². The lowest BCUT2D eigenvalue weighted by molar-refractivity contribution is -0.153. The van der Waals surface area contributed by atoms with Crippen LogP contribution in [0.2, 0.25) is 0 Å². The van der Waals surface area contributed by atoms with E-state index in [1.807, 2.05) is 6.92 Å². The predicted octanol–water partition coefficient (Wildman–Crippen LogP) is 4.62. The summed E-state index contributed by atoms with van der Waals surface area (Å²) in [5.74, 6) is 0.239. The fourth-order valence-corrected chi connectivity index (χ4v) is 1.72. The van der Waals surface area contributed by atoms with Crippen molar-refractivity contribution >= 4 is 5.69 Å². The van der Waals surface area contributed by atoms with Crippen LogP contribution in [0.3, 0.4) is 0 Å². The van der Waals surface area contributed by atoms with E-state index in [2.05, 4.69) is 12.2 Å². The third kappa shape index (κ3) is 6.36. The first kappa shape index (κ1) is 15.7. The fourth-order valence-electron chi connectivity index (χ4n) is 1.72. The van der Waals surface area contributed by atoms with E-state index in [1.165, 1.54) is 0 Å². The summed E-state index contributed by atoms with van der Waals surface area (Å²) >= 11 is 0. The Kier molecular flexibility index (Phi) is 5.99. The summed E-state index contributed by atoms with van der Waals surface area (Å²) in [5.41, 5.74) is 0.607. The molecule has 5 heteroatoms. The Balaban J connectivity index is 2.62. The Bertz CT molecular complexity index is 379. The lowest BCUT2D eigenvalue weighted by Gasteiger charge is -2.18. The van der Waals surface area contributed by atoms with E-state index in [4.69, 9.17) is 4.74 Å². The van der Waals surface area contributed by atoms with Gasteiger partial charge in [-0.2, -0.15) is 13.2 Å². The molecule has 19 heavy (non-hydrogen) atoms. The number of unbranched alkanes of at least 4 members (excludes halogenated alkanes) is 1. The third-order valence-electron chi connectivity index (χ3n) is 2.67. The van der Waals surface area contributed by atoms with Gasteiger partial charge in [-0.1, -0.05) is 31.9 Å². The highest BCUT2D eigenvalue weighted by atomic mass is 19.4. The van der Waals surface area contributed by atoms with Gasteiger partial charge in [-0.05, 0) is 25.5 Å². The molecule has 108 valence electrons. The second-order valence-corrected chi connectivity index (χ2v) is 4.59. The Labute approximate surface area is 112 Å². The van der Waals surface area contributed by atoms with E-state index in [1.54, 1.807) is 24.3 Å². The molecule has 0 radical (unpaired) electrons. The van der Waals surface area contributed by atoms with Gasteiger partial charge >= 0.3 is 6.18 Å². The zero-order valence-corrected chi connectivity index (χ0v) is 11.3. The Morgan fingerprint density at radius 1 is 1.26 bits per heavy atom. The summed E-state index contributed by atoms with van der Waals surface area (Å²) in [6, 6.07) is 6.91. The topological polar surface area (TPSA) is 21.3 Å². The van der Waals surface area contributed by atoms with Crippen LogP contribution in [0.5, 0.6) is 5.75 Å². The number of nitrogens with one attached hydrogen (secondary N) is 1. The van der Waals surface area contributed by atoms with Crippen molar-refractivity contribution in [2.45, 2.75) is 45.3 Å². The summed E-state index contributed by atoms with van der Waals surface area (Å²) in [6.45, 7) is 2.85. The number of benzene rings is 1. The molecular weight excluding hydrogens is 255 g/mol. The fraction of sp³-hybridized carbons (Fsp3) is 0.571. The molecule has 0 spiro atoms. The van der Waals surface area contributed by atoms with Gasteiger partial charge in [0.05, 0.1) is 5.69 Å². The van der Waals surface area contributed by atoms with Crippen LogP contribution >= 0.6 is 0 Å². The maximum absolute atomic E-state index is 12.2. The van der Waals surface area contributed by atoms with E-state index >= 15 is 0 Å². The minimum absolute atomic E-state index is 0.204. The smallest absolute Gasteiger partial charge is 0.422 e. The monoisotopic (exact) mass is 275 g/mol. The van der Waals surface area contributed by atoms with E-state index < -0.39 is 12.8 Å². The van der Waals surface area contributed by atoms with Gasteiger partial charge in [-0.3, -0.25) is 0 Å². The summed E-state index contributed by atoms with van der Waals surface area (Å²) in [5, 5.41) is 3.19. The molecule has 1 atom stereocenters. The Hall–Kier alpha value is -1.39. The van der Waals surface area contributed by atoms with Crippen molar-refractivity contribution < 1.29 is 17.9 Å². The molecule has 0 amide bonds.